The number of hydrogen-bond donors (Lipinski definition) is 1. The van der Waals surface area contributed by atoms with Crippen LogP contribution in [0.4, 0.5) is 13.2 Å². The number of sulfonamides is 1. The van der Waals surface area contributed by atoms with Crippen molar-refractivity contribution in [1.82, 2.24) is 9.78 Å². The first-order valence-corrected chi connectivity index (χ1v) is 9.26. The molecule has 142 valence electrons. The Morgan fingerprint density at radius 3 is 2.26 bits per heavy atom. The highest BCUT2D eigenvalue weighted by molar-refractivity contribution is 7.88. The van der Waals surface area contributed by atoms with Crippen LogP contribution in [0.25, 0.3) is 16.9 Å². The SMILES string of the molecule is [2H]c1c([2H])c(-c2cc(C(F)(F)F)nn2-c2ccc(CS(N)(=O)=O)cc2)c([2H])c([2H])c1C. The van der Waals surface area contributed by atoms with Crippen LogP contribution in [0.1, 0.15) is 22.3 Å². The summed E-state index contributed by atoms with van der Waals surface area (Å²) in [6.07, 6.45) is -4.82. The predicted molar refractivity (Wildman–Crippen MR) is 95.6 cm³/mol. The average molecular weight is 399 g/mol. The van der Waals surface area contributed by atoms with Gasteiger partial charge in [0.25, 0.3) is 0 Å². The first kappa shape index (κ1) is 14.4. The van der Waals surface area contributed by atoms with E-state index in [0.29, 0.717) is 11.6 Å². The van der Waals surface area contributed by atoms with Gasteiger partial charge in [0.1, 0.15) is 0 Å². The fourth-order valence-corrected chi connectivity index (χ4v) is 3.02. The van der Waals surface area contributed by atoms with Crippen LogP contribution < -0.4 is 5.14 Å². The lowest BCUT2D eigenvalue weighted by Gasteiger charge is -2.09. The van der Waals surface area contributed by atoms with Crippen LogP contribution in [0.3, 0.4) is 0 Å². The Labute approximate surface area is 159 Å². The Morgan fingerprint density at radius 1 is 1.15 bits per heavy atom. The van der Waals surface area contributed by atoms with Gasteiger partial charge in [0, 0.05) is 5.56 Å². The maximum absolute atomic E-state index is 13.4. The Hall–Kier alpha value is -2.65. The maximum atomic E-state index is 13.4. The molecule has 27 heavy (non-hydrogen) atoms. The molecule has 2 N–H and O–H groups in total. The number of primary sulfonamides is 1. The zero-order chi connectivity index (χ0) is 23.3. The smallest absolute Gasteiger partial charge is 0.233 e. The molecule has 2 aromatic carbocycles. The molecule has 1 heterocycles. The van der Waals surface area contributed by atoms with E-state index < -0.39 is 39.7 Å². The molecule has 3 aromatic rings. The maximum Gasteiger partial charge on any atom is 0.435 e. The van der Waals surface area contributed by atoms with E-state index in [1.54, 1.807) is 0 Å². The standard InChI is InChI=1S/C18H16F3N3O2S/c1-12-2-6-14(7-3-12)16-10-17(18(19,20)21)23-24(16)15-8-4-13(5-9-15)11-27(22,25)26/h2-10H,11H2,1H3,(H2,22,25,26)/i2D,3D,6D,7D. The molecule has 0 aliphatic carbocycles. The summed E-state index contributed by atoms with van der Waals surface area (Å²) in [6.45, 7) is 1.38. The molecule has 0 atom stereocenters. The summed E-state index contributed by atoms with van der Waals surface area (Å²) in [6, 6.07) is 4.24. The summed E-state index contributed by atoms with van der Waals surface area (Å²) in [4.78, 5) is 0. The highest BCUT2D eigenvalue weighted by atomic mass is 32.2. The molecule has 5 nitrogen and oxygen atoms in total. The minimum absolute atomic E-state index is 0.0632. The molecule has 9 heteroatoms. The van der Waals surface area contributed by atoms with Crippen molar-refractivity contribution in [3.8, 4) is 16.9 Å². The molecule has 0 amide bonds. The van der Waals surface area contributed by atoms with Crippen LogP contribution in [0.15, 0.2) is 54.5 Å². The van der Waals surface area contributed by atoms with Gasteiger partial charge in [0.2, 0.25) is 10.0 Å². The lowest BCUT2D eigenvalue weighted by atomic mass is 10.1. The Bertz CT molecular complexity index is 1240. The van der Waals surface area contributed by atoms with E-state index in [1.165, 1.54) is 31.2 Å². The molecule has 0 aliphatic heterocycles. The van der Waals surface area contributed by atoms with Crippen molar-refractivity contribution < 1.29 is 27.1 Å². The van der Waals surface area contributed by atoms with Crippen molar-refractivity contribution in [2.75, 3.05) is 0 Å². The molecule has 0 fully saturated rings. The van der Waals surface area contributed by atoms with E-state index in [2.05, 4.69) is 5.10 Å². The van der Waals surface area contributed by atoms with Crippen LogP contribution in [0, 0.1) is 6.92 Å². The van der Waals surface area contributed by atoms with E-state index in [4.69, 9.17) is 10.6 Å². The van der Waals surface area contributed by atoms with E-state index in [1.807, 2.05) is 0 Å². The molecule has 0 unspecified atom stereocenters. The number of benzene rings is 2. The van der Waals surface area contributed by atoms with Crippen molar-refractivity contribution in [2.24, 2.45) is 5.14 Å². The number of nitrogens with two attached hydrogens (primary N) is 1. The number of nitrogens with zero attached hydrogens (tertiary/aromatic N) is 2. The predicted octanol–water partition coefficient (Wildman–Crippen LogP) is 3.66. The van der Waals surface area contributed by atoms with Crippen LogP contribution in [-0.4, -0.2) is 18.2 Å². The summed E-state index contributed by atoms with van der Waals surface area (Å²) in [5.74, 6) is -0.469. The third-order valence-corrected chi connectivity index (χ3v) is 4.29. The summed E-state index contributed by atoms with van der Waals surface area (Å²) in [7, 11) is -3.81. The van der Waals surface area contributed by atoms with Crippen LogP contribution in [0.2, 0.25) is 0 Å². The summed E-state index contributed by atoms with van der Waals surface area (Å²) < 4.78 is 95.7. The lowest BCUT2D eigenvalue weighted by molar-refractivity contribution is -0.141. The molecule has 0 spiro atoms. The first-order valence-electron chi connectivity index (χ1n) is 9.55. The number of halogens is 3. The van der Waals surface area contributed by atoms with Gasteiger partial charge in [-0.3, -0.25) is 0 Å². The summed E-state index contributed by atoms with van der Waals surface area (Å²) >= 11 is 0. The number of rotatable bonds is 4. The van der Waals surface area contributed by atoms with Gasteiger partial charge in [-0.05, 0) is 30.7 Å². The number of aromatic nitrogens is 2. The monoisotopic (exact) mass is 399 g/mol. The number of alkyl halides is 3. The lowest BCUT2D eigenvalue weighted by Crippen LogP contribution is -2.14. The van der Waals surface area contributed by atoms with Gasteiger partial charge in [-0.25, -0.2) is 18.2 Å². The van der Waals surface area contributed by atoms with E-state index >= 15 is 0 Å². The Balaban J connectivity index is 2.26. The largest absolute Gasteiger partial charge is 0.435 e. The van der Waals surface area contributed by atoms with Gasteiger partial charge in [-0.1, -0.05) is 41.9 Å². The van der Waals surface area contributed by atoms with E-state index in [0.717, 1.165) is 4.68 Å². The second kappa shape index (κ2) is 6.82. The second-order valence-electron chi connectivity index (χ2n) is 5.80. The van der Waals surface area contributed by atoms with Crippen molar-refractivity contribution >= 4 is 10.0 Å². The van der Waals surface area contributed by atoms with E-state index in [-0.39, 0.29) is 34.6 Å². The third-order valence-electron chi connectivity index (χ3n) is 3.55. The zero-order valence-corrected chi connectivity index (χ0v) is 14.7. The van der Waals surface area contributed by atoms with Crippen LogP contribution in [-0.2, 0) is 22.0 Å². The quantitative estimate of drug-likeness (QED) is 0.727. The minimum Gasteiger partial charge on any atom is -0.233 e. The molecule has 0 radical (unpaired) electrons. The fraction of sp³-hybridized carbons (Fsp3) is 0.167. The van der Waals surface area contributed by atoms with Gasteiger partial charge in [-0.15, -0.1) is 0 Å². The van der Waals surface area contributed by atoms with Gasteiger partial charge in [-0.2, -0.15) is 18.3 Å². The zero-order valence-electron chi connectivity index (χ0n) is 17.9. The summed E-state index contributed by atoms with van der Waals surface area (Å²) in [5.41, 5.74) is -1.45. The highest BCUT2D eigenvalue weighted by Gasteiger charge is 2.35. The first-order chi connectivity index (χ1) is 14.2. The Morgan fingerprint density at radius 2 is 1.74 bits per heavy atom. The highest BCUT2D eigenvalue weighted by Crippen LogP contribution is 2.33. The molecule has 0 saturated carbocycles. The molecular weight excluding hydrogens is 379 g/mol. The van der Waals surface area contributed by atoms with Crippen molar-refractivity contribution in [2.45, 2.75) is 18.9 Å². The molecule has 0 bridgehead atoms. The van der Waals surface area contributed by atoms with Crippen molar-refractivity contribution in [3.63, 3.8) is 0 Å². The van der Waals surface area contributed by atoms with Crippen LogP contribution in [0.5, 0.6) is 0 Å². The molecule has 1 aromatic heterocycles. The number of hydrogen-bond acceptors (Lipinski definition) is 3. The summed E-state index contributed by atoms with van der Waals surface area (Å²) in [5, 5.41) is 8.55. The minimum atomic E-state index is -4.82. The average Bonchev–Trinajstić information content (AvgIpc) is 3.10. The third kappa shape index (κ3) is 4.55. The Kier molecular flexibility index (Phi) is 3.64. The van der Waals surface area contributed by atoms with Crippen molar-refractivity contribution in [3.05, 3.63) is 71.3 Å². The topological polar surface area (TPSA) is 78.0 Å². The van der Waals surface area contributed by atoms with Gasteiger partial charge in [0.05, 0.1) is 22.6 Å². The van der Waals surface area contributed by atoms with Crippen molar-refractivity contribution in [1.29, 1.82) is 0 Å². The molecular formula is C18H16F3N3O2S. The molecule has 0 saturated heterocycles. The normalized spacial score (nSPS) is 14.4. The second-order valence-corrected chi connectivity index (χ2v) is 7.41. The fourth-order valence-electron chi connectivity index (χ4n) is 2.36. The van der Waals surface area contributed by atoms with Gasteiger partial charge >= 0.3 is 6.18 Å². The van der Waals surface area contributed by atoms with Gasteiger partial charge in [0.15, 0.2) is 5.69 Å². The van der Waals surface area contributed by atoms with Gasteiger partial charge < -0.3 is 0 Å². The molecule has 3 rings (SSSR count). The van der Waals surface area contributed by atoms with Crippen LogP contribution >= 0.6 is 0 Å². The molecule has 0 aliphatic rings. The van der Waals surface area contributed by atoms with E-state index in [9.17, 15) is 21.6 Å².